The van der Waals surface area contributed by atoms with Crippen molar-refractivity contribution in [1.29, 1.82) is 0 Å². The molecule has 1 unspecified atom stereocenters. The van der Waals surface area contributed by atoms with E-state index in [9.17, 15) is 13.2 Å². The maximum absolute atomic E-state index is 10.7. The van der Waals surface area contributed by atoms with Crippen molar-refractivity contribution in [2.24, 2.45) is 5.92 Å². The Morgan fingerprint density at radius 2 is 1.65 bits per heavy atom. The molecule has 23 heavy (non-hydrogen) atoms. The SMILES string of the molecule is CCCCCCCCC1CCCN(C)C1.O=S(=O)(O)C(F)(F)F. The van der Waals surface area contributed by atoms with Gasteiger partial charge in [0.25, 0.3) is 0 Å². The Labute approximate surface area is 138 Å². The van der Waals surface area contributed by atoms with Gasteiger partial charge in [0, 0.05) is 6.54 Å². The van der Waals surface area contributed by atoms with Crippen LogP contribution in [0, 0.1) is 5.92 Å². The number of piperidine rings is 1. The second kappa shape index (κ2) is 11.3. The van der Waals surface area contributed by atoms with Gasteiger partial charge in [-0.2, -0.15) is 21.6 Å². The van der Waals surface area contributed by atoms with Crippen LogP contribution in [-0.4, -0.2) is 43.5 Å². The molecule has 4 nitrogen and oxygen atoms in total. The van der Waals surface area contributed by atoms with E-state index in [1.54, 1.807) is 0 Å². The van der Waals surface area contributed by atoms with Crippen molar-refractivity contribution in [2.75, 3.05) is 20.1 Å². The molecule has 1 fully saturated rings. The van der Waals surface area contributed by atoms with E-state index in [1.807, 2.05) is 0 Å². The van der Waals surface area contributed by atoms with Gasteiger partial charge >= 0.3 is 15.6 Å². The lowest BCUT2D eigenvalue weighted by molar-refractivity contribution is -0.0510. The van der Waals surface area contributed by atoms with Crippen LogP contribution < -0.4 is 0 Å². The van der Waals surface area contributed by atoms with Gasteiger partial charge in [0.2, 0.25) is 0 Å². The number of nitrogens with zero attached hydrogens (tertiary/aromatic N) is 1. The van der Waals surface area contributed by atoms with Gasteiger partial charge in [0.15, 0.2) is 0 Å². The first-order valence-electron chi connectivity index (χ1n) is 8.30. The molecule has 0 radical (unpaired) electrons. The van der Waals surface area contributed by atoms with E-state index in [-0.39, 0.29) is 0 Å². The summed E-state index contributed by atoms with van der Waals surface area (Å²) in [6.45, 7) is 4.97. The Bertz CT molecular complexity index is 399. The second-order valence-corrected chi connectivity index (χ2v) is 7.66. The third kappa shape index (κ3) is 11.8. The zero-order valence-corrected chi connectivity index (χ0v) is 14.9. The molecule has 1 N–H and O–H groups in total. The van der Waals surface area contributed by atoms with Crippen molar-refractivity contribution < 1.29 is 26.1 Å². The maximum Gasteiger partial charge on any atom is 0.522 e. The molecule has 8 heteroatoms. The van der Waals surface area contributed by atoms with E-state index in [1.165, 1.54) is 70.9 Å². The predicted octanol–water partition coefficient (Wildman–Crippen LogP) is 4.47. The summed E-state index contributed by atoms with van der Waals surface area (Å²) < 4.78 is 57.5. The summed E-state index contributed by atoms with van der Waals surface area (Å²) in [7, 11) is -3.57. The lowest BCUT2D eigenvalue weighted by Gasteiger charge is -2.29. The highest BCUT2D eigenvalue weighted by molar-refractivity contribution is 7.86. The minimum absolute atomic E-state index is 1.01. The van der Waals surface area contributed by atoms with E-state index in [0.717, 1.165) is 5.92 Å². The average molecular weight is 361 g/mol. The van der Waals surface area contributed by atoms with Gasteiger partial charge in [0.1, 0.15) is 0 Å². The molecule has 1 rings (SSSR count). The normalized spacial score (nSPS) is 20.0. The molecule has 0 aromatic rings. The van der Waals surface area contributed by atoms with Gasteiger partial charge < -0.3 is 4.90 Å². The molecule has 0 aromatic heterocycles. The zero-order valence-electron chi connectivity index (χ0n) is 14.1. The summed E-state index contributed by atoms with van der Waals surface area (Å²) in [6, 6.07) is 0. The highest BCUT2D eigenvalue weighted by atomic mass is 32.2. The standard InChI is InChI=1S/C14H29N.CHF3O3S/c1-3-4-5-6-7-8-10-14-11-9-12-15(2)13-14;2-1(3,4)8(5,6)7/h14H,3-13H2,1-2H3;(H,5,6,7). The fraction of sp³-hybridized carbons (Fsp3) is 1.00. The van der Waals surface area contributed by atoms with Crippen LogP contribution in [0.2, 0.25) is 0 Å². The molecule has 0 spiro atoms. The van der Waals surface area contributed by atoms with Gasteiger partial charge in [-0.05, 0) is 38.8 Å². The number of unbranched alkanes of at least 4 members (excludes halogenated alkanes) is 5. The van der Waals surface area contributed by atoms with Crippen molar-refractivity contribution in [1.82, 2.24) is 4.90 Å². The van der Waals surface area contributed by atoms with Gasteiger partial charge in [-0.3, -0.25) is 4.55 Å². The van der Waals surface area contributed by atoms with Crippen LogP contribution in [0.4, 0.5) is 13.2 Å². The third-order valence-electron chi connectivity index (χ3n) is 3.98. The number of hydrogen-bond donors (Lipinski definition) is 1. The van der Waals surface area contributed by atoms with Crippen LogP contribution in [0.3, 0.4) is 0 Å². The van der Waals surface area contributed by atoms with Crippen molar-refractivity contribution in [3.05, 3.63) is 0 Å². The van der Waals surface area contributed by atoms with Crippen LogP contribution in [0.25, 0.3) is 0 Å². The van der Waals surface area contributed by atoms with Crippen molar-refractivity contribution in [2.45, 2.75) is 70.2 Å². The number of likely N-dealkylation sites (tertiary alicyclic amines) is 1. The van der Waals surface area contributed by atoms with Crippen molar-refractivity contribution in [3.63, 3.8) is 0 Å². The summed E-state index contributed by atoms with van der Waals surface area (Å²) >= 11 is 0. The summed E-state index contributed by atoms with van der Waals surface area (Å²) in [4.78, 5) is 2.51. The molecule has 0 aliphatic carbocycles. The summed E-state index contributed by atoms with van der Waals surface area (Å²) in [5.74, 6) is 1.01. The first kappa shape index (κ1) is 22.7. The van der Waals surface area contributed by atoms with E-state index in [0.29, 0.717) is 0 Å². The number of hydrogen-bond acceptors (Lipinski definition) is 3. The number of halogens is 3. The third-order valence-corrected chi connectivity index (χ3v) is 4.57. The monoisotopic (exact) mass is 361 g/mol. The number of alkyl halides is 3. The molecule has 140 valence electrons. The Balaban J connectivity index is 0.000000515. The van der Waals surface area contributed by atoms with Crippen LogP contribution in [0.15, 0.2) is 0 Å². The largest absolute Gasteiger partial charge is 0.522 e. The summed E-state index contributed by atoms with van der Waals surface area (Å²) in [6.07, 6.45) is 13.1. The maximum atomic E-state index is 10.7. The van der Waals surface area contributed by atoms with Gasteiger partial charge in [0.05, 0.1) is 0 Å². The highest BCUT2D eigenvalue weighted by Gasteiger charge is 2.44. The fourth-order valence-corrected chi connectivity index (χ4v) is 2.72. The smallest absolute Gasteiger partial charge is 0.306 e. The molecule has 1 atom stereocenters. The molecule has 1 aliphatic rings. The lowest BCUT2D eigenvalue weighted by Crippen LogP contribution is -2.31. The summed E-state index contributed by atoms with van der Waals surface area (Å²) in [5.41, 5.74) is -5.53. The van der Waals surface area contributed by atoms with Crippen molar-refractivity contribution in [3.8, 4) is 0 Å². The molecular formula is C15H30F3NO3S. The predicted molar refractivity (Wildman–Crippen MR) is 85.8 cm³/mol. The van der Waals surface area contributed by atoms with Crippen molar-refractivity contribution >= 4 is 10.1 Å². The Morgan fingerprint density at radius 1 is 1.13 bits per heavy atom. The number of rotatable bonds is 7. The van der Waals surface area contributed by atoms with Crippen LogP contribution in [-0.2, 0) is 10.1 Å². The van der Waals surface area contributed by atoms with Crippen LogP contribution in [0.1, 0.15) is 64.7 Å². The minimum atomic E-state index is -5.84. The first-order valence-corrected chi connectivity index (χ1v) is 9.74. The van der Waals surface area contributed by atoms with E-state index < -0.39 is 15.6 Å². The van der Waals surface area contributed by atoms with Gasteiger partial charge in [-0.15, -0.1) is 0 Å². The molecule has 0 amide bonds. The quantitative estimate of drug-likeness (QED) is 0.413. The summed E-state index contributed by atoms with van der Waals surface area (Å²) in [5, 5.41) is 0. The minimum Gasteiger partial charge on any atom is -0.306 e. The molecule has 0 aromatic carbocycles. The zero-order chi connectivity index (χ0) is 17.9. The molecule has 0 saturated carbocycles. The van der Waals surface area contributed by atoms with Gasteiger partial charge in [-0.25, -0.2) is 0 Å². The first-order chi connectivity index (χ1) is 10.6. The van der Waals surface area contributed by atoms with E-state index in [4.69, 9.17) is 13.0 Å². The van der Waals surface area contributed by atoms with Crippen LogP contribution in [0.5, 0.6) is 0 Å². The van der Waals surface area contributed by atoms with E-state index >= 15 is 0 Å². The Kier molecular flexibility index (Phi) is 11.1. The molecule has 1 aliphatic heterocycles. The Morgan fingerprint density at radius 3 is 2.13 bits per heavy atom. The Hall–Kier alpha value is -0.340. The molecular weight excluding hydrogens is 331 g/mol. The second-order valence-electron chi connectivity index (χ2n) is 6.25. The average Bonchev–Trinajstić information content (AvgIpc) is 2.41. The molecule has 1 heterocycles. The highest BCUT2D eigenvalue weighted by Crippen LogP contribution is 2.21. The lowest BCUT2D eigenvalue weighted by atomic mass is 9.92. The topological polar surface area (TPSA) is 57.6 Å². The van der Waals surface area contributed by atoms with E-state index in [2.05, 4.69) is 18.9 Å². The molecule has 1 saturated heterocycles. The van der Waals surface area contributed by atoms with Crippen LogP contribution >= 0.6 is 0 Å². The molecule has 0 bridgehead atoms. The fourth-order valence-electron chi connectivity index (χ4n) is 2.72. The van der Waals surface area contributed by atoms with Gasteiger partial charge in [-0.1, -0.05) is 45.4 Å².